The fourth-order valence-corrected chi connectivity index (χ4v) is 2.09. The monoisotopic (exact) mass is 288 g/mol. The lowest BCUT2D eigenvalue weighted by molar-refractivity contribution is -0.145. The summed E-state index contributed by atoms with van der Waals surface area (Å²) >= 11 is 0. The summed E-state index contributed by atoms with van der Waals surface area (Å²) in [4.78, 5) is 24.1. The third kappa shape index (κ3) is 4.09. The number of rotatable bonds is 6. The zero-order chi connectivity index (χ0) is 15.8. The Morgan fingerprint density at radius 3 is 2.38 bits per heavy atom. The first-order chi connectivity index (χ1) is 10.1. The van der Waals surface area contributed by atoms with Crippen LogP contribution in [0.4, 0.5) is 0 Å². The van der Waals surface area contributed by atoms with Crippen molar-refractivity contribution in [3.8, 4) is 12.3 Å². The maximum absolute atomic E-state index is 12.1. The molecule has 0 N–H and O–H groups in total. The molecule has 4 heteroatoms. The molecule has 0 bridgehead atoms. The summed E-state index contributed by atoms with van der Waals surface area (Å²) in [6, 6.07) is 4.99. The lowest BCUT2D eigenvalue weighted by atomic mass is 9.91. The maximum atomic E-state index is 12.1. The van der Waals surface area contributed by atoms with Crippen LogP contribution in [0.25, 0.3) is 0 Å². The van der Waals surface area contributed by atoms with Crippen molar-refractivity contribution in [2.45, 2.75) is 33.1 Å². The zero-order valence-electron chi connectivity index (χ0n) is 12.6. The van der Waals surface area contributed by atoms with Crippen LogP contribution in [0, 0.1) is 12.3 Å². The topological polar surface area (TPSA) is 52.6 Å². The normalized spacial score (nSPS) is 11.3. The average molecular weight is 288 g/mol. The van der Waals surface area contributed by atoms with Gasteiger partial charge in [0, 0.05) is 5.56 Å². The second kappa shape index (κ2) is 8.11. The van der Waals surface area contributed by atoms with Gasteiger partial charge in [-0.25, -0.2) is 4.79 Å². The maximum Gasteiger partial charge on any atom is 0.338 e. The van der Waals surface area contributed by atoms with Crippen LogP contribution < -0.4 is 0 Å². The summed E-state index contributed by atoms with van der Waals surface area (Å²) in [7, 11) is 0. The highest BCUT2D eigenvalue weighted by atomic mass is 16.5. The first-order valence-corrected chi connectivity index (χ1v) is 7.03. The van der Waals surface area contributed by atoms with E-state index >= 15 is 0 Å². The standard InChI is InChI=1S/C17H20O4/c1-5-12-9-10-14(13(6-2)16(18)20-7-3)15(11-12)17(19)21-8-4/h1,9-11,13H,6-8H2,2-4H3. The molecule has 0 aliphatic heterocycles. The van der Waals surface area contributed by atoms with Gasteiger partial charge in [0.1, 0.15) is 0 Å². The highest BCUT2D eigenvalue weighted by molar-refractivity contribution is 5.94. The van der Waals surface area contributed by atoms with Gasteiger partial charge in [-0.1, -0.05) is 18.9 Å². The van der Waals surface area contributed by atoms with Crippen LogP contribution >= 0.6 is 0 Å². The minimum atomic E-state index is -0.504. The number of benzene rings is 1. The van der Waals surface area contributed by atoms with Crippen LogP contribution in [0.3, 0.4) is 0 Å². The molecular formula is C17H20O4. The van der Waals surface area contributed by atoms with E-state index in [4.69, 9.17) is 15.9 Å². The first-order valence-electron chi connectivity index (χ1n) is 7.03. The van der Waals surface area contributed by atoms with Crippen LogP contribution in [0.2, 0.25) is 0 Å². The van der Waals surface area contributed by atoms with Crippen molar-refractivity contribution >= 4 is 11.9 Å². The van der Waals surface area contributed by atoms with E-state index in [-0.39, 0.29) is 12.6 Å². The van der Waals surface area contributed by atoms with Gasteiger partial charge in [-0.2, -0.15) is 0 Å². The second-order valence-corrected chi connectivity index (χ2v) is 4.38. The van der Waals surface area contributed by atoms with Crippen LogP contribution in [0.5, 0.6) is 0 Å². The number of esters is 2. The molecule has 0 amide bonds. The quantitative estimate of drug-likeness (QED) is 0.596. The second-order valence-electron chi connectivity index (χ2n) is 4.38. The van der Waals surface area contributed by atoms with E-state index in [2.05, 4.69) is 5.92 Å². The van der Waals surface area contributed by atoms with Gasteiger partial charge in [0.15, 0.2) is 0 Å². The molecule has 0 fully saturated rings. The van der Waals surface area contributed by atoms with Crippen LogP contribution in [0.15, 0.2) is 18.2 Å². The predicted octanol–water partition coefficient (Wildman–Crippen LogP) is 2.90. The third-order valence-electron chi connectivity index (χ3n) is 3.07. The number of hydrogen-bond donors (Lipinski definition) is 0. The molecule has 1 atom stereocenters. The highest BCUT2D eigenvalue weighted by Gasteiger charge is 2.26. The Morgan fingerprint density at radius 1 is 1.19 bits per heavy atom. The number of terminal acetylenes is 1. The molecular weight excluding hydrogens is 268 g/mol. The molecule has 1 aromatic carbocycles. The van der Waals surface area contributed by atoms with Crippen molar-refractivity contribution < 1.29 is 19.1 Å². The summed E-state index contributed by atoms with van der Waals surface area (Å²) < 4.78 is 10.1. The number of hydrogen-bond acceptors (Lipinski definition) is 4. The molecule has 21 heavy (non-hydrogen) atoms. The van der Waals surface area contributed by atoms with Crippen molar-refractivity contribution in [1.29, 1.82) is 0 Å². The third-order valence-corrected chi connectivity index (χ3v) is 3.07. The van der Waals surface area contributed by atoms with E-state index in [1.165, 1.54) is 0 Å². The molecule has 0 aromatic heterocycles. The van der Waals surface area contributed by atoms with Gasteiger partial charge in [-0.15, -0.1) is 6.42 Å². The Kier molecular flexibility index (Phi) is 6.48. The van der Waals surface area contributed by atoms with Gasteiger partial charge in [0.05, 0.1) is 24.7 Å². The molecule has 0 heterocycles. The molecule has 1 aromatic rings. The van der Waals surface area contributed by atoms with Crippen LogP contribution in [-0.2, 0) is 14.3 Å². The Labute approximate surface area is 125 Å². The van der Waals surface area contributed by atoms with E-state index in [0.29, 0.717) is 29.7 Å². The lowest BCUT2D eigenvalue weighted by Crippen LogP contribution is -2.19. The molecule has 0 saturated carbocycles. The summed E-state index contributed by atoms with van der Waals surface area (Å²) in [5, 5.41) is 0. The lowest BCUT2D eigenvalue weighted by Gasteiger charge is -2.17. The predicted molar refractivity (Wildman–Crippen MR) is 80.0 cm³/mol. The van der Waals surface area contributed by atoms with E-state index in [1.54, 1.807) is 32.0 Å². The average Bonchev–Trinajstić information content (AvgIpc) is 2.48. The van der Waals surface area contributed by atoms with Crippen molar-refractivity contribution in [2.75, 3.05) is 13.2 Å². The van der Waals surface area contributed by atoms with Gasteiger partial charge < -0.3 is 9.47 Å². The Bertz CT molecular complexity index is 554. The molecule has 0 spiro atoms. The minimum Gasteiger partial charge on any atom is -0.466 e. The first kappa shape index (κ1) is 16.8. The van der Waals surface area contributed by atoms with Crippen molar-refractivity contribution in [1.82, 2.24) is 0 Å². The van der Waals surface area contributed by atoms with Gasteiger partial charge >= 0.3 is 11.9 Å². The van der Waals surface area contributed by atoms with E-state index < -0.39 is 11.9 Å². The summed E-state index contributed by atoms with van der Waals surface area (Å²) in [5.74, 6) is 1.15. The van der Waals surface area contributed by atoms with Gasteiger partial charge in [0.25, 0.3) is 0 Å². The number of carbonyl (C=O) groups excluding carboxylic acids is 2. The molecule has 0 aliphatic carbocycles. The van der Waals surface area contributed by atoms with Gasteiger partial charge in [-0.3, -0.25) is 4.79 Å². The fraction of sp³-hybridized carbons (Fsp3) is 0.412. The van der Waals surface area contributed by atoms with Crippen molar-refractivity contribution in [3.63, 3.8) is 0 Å². The van der Waals surface area contributed by atoms with Gasteiger partial charge in [0.2, 0.25) is 0 Å². The molecule has 4 nitrogen and oxygen atoms in total. The largest absolute Gasteiger partial charge is 0.466 e. The molecule has 0 radical (unpaired) electrons. The molecule has 0 saturated heterocycles. The minimum absolute atomic E-state index is 0.259. The highest BCUT2D eigenvalue weighted by Crippen LogP contribution is 2.26. The Balaban J connectivity index is 3.29. The fourth-order valence-electron chi connectivity index (χ4n) is 2.09. The van der Waals surface area contributed by atoms with Gasteiger partial charge in [-0.05, 0) is 38.0 Å². The molecule has 0 aliphatic rings. The van der Waals surface area contributed by atoms with Crippen LogP contribution in [0.1, 0.15) is 54.6 Å². The van der Waals surface area contributed by atoms with E-state index in [9.17, 15) is 9.59 Å². The zero-order valence-corrected chi connectivity index (χ0v) is 12.6. The summed E-state index contributed by atoms with van der Waals surface area (Å²) in [6.07, 6.45) is 5.89. The summed E-state index contributed by atoms with van der Waals surface area (Å²) in [6.45, 7) is 5.90. The summed E-state index contributed by atoms with van der Waals surface area (Å²) in [5.41, 5.74) is 1.49. The number of carbonyl (C=O) groups is 2. The van der Waals surface area contributed by atoms with Crippen molar-refractivity contribution in [2.24, 2.45) is 0 Å². The SMILES string of the molecule is C#Cc1ccc(C(CC)C(=O)OCC)c(C(=O)OCC)c1. The van der Waals surface area contributed by atoms with E-state index in [0.717, 1.165) is 0 Å². The molecule has 1 unspecified atom stereocenters. The molecule has 112 valence electrons. The van der Waals surface area contributed by atoms with E-state index in [1.807, 2.05) is 6.92 Å². The number of ether oxygens (including phenoxy) is 2. The van der Waals surface area contributed by atoms with Crippen molar-refractivity contribution in [3.05, 3.63) is 34.9 Å². The molecule has 1 rings (SSSR count). The smallest absolute Gasteiger partial charge is 0.338 e. The Morgan fingerprint density at radius 2 is 1.86 bits per heavy atom. The van der Waals surface area contributed by atoms with Crippen LogP contribution in [-0.4, -0.2) is 25.2 Å². The Hall–Kier alpha value is -2.28.